The largest absolute Gasteiger partial charge is 0.456 e. The number of hydrogen-bond acceptors (Lipinski definition) is 1. The van der Waals surface area contributed by atoms with Crippen LogP contribution < -0.4 is 0 Å². The van der Waals surface area contributed by atoms with Crippen LogP contribution in [-0.2, 0) is 0 Å². The van der Waals surface area contributed by atoms with Gasteiger partial charge in [-0.25, -0.2) is 0 Å². The summed E-state index contributed by atoms with van der Waals surface area (Å²) in [5.74, 6) is 0. The summed E-state index contributed by atoms with van der Waals surface area (Å²) in [5, 5.41) is 7.26. The van der Waals surface area contributed by atoms with E-state index in [0.29, 0.717) is 0 Å². The zero-order chi connectivity index (χ0) is 30.4. The molecule has 3 heteroatoms. The number of aromatic nitrogens is 2. The van der Waals surface area contributed by atoms with Gasteiger partial charge in [0.2, 0.25) is 0 Å². The van der Waals surface area contributed by atoms with Gasteiger partial charge in [-0.3, -0.25) is 0 Å². The number of aryl methyl sites for hydroxylation is 1. The monoisotopic (exact) mass is 588 g/mol. The predicted octanol–water partition coefficient (Wildman–Crippen LogP) is 11.8. The van der Waals surface area contributed by atoms with E-state index < -0.39 is 0 Å². The molecule has 7 aromatic carbocycles. The molecule has 0 spiro atoms. The Bertz CT molecular complexity index is 2770. The van der Waals surface area contributed by atoms with Gasteiger partial charge in [0.25, 0.3) is 0 Å². The average Bonchev–Trinajstić information content (AvgIpc) is 3.75. The van der Waals surface area contributed by atoms with Gasteiger partial charge >= 0.3 is 0 Å². The first-order valence-electron chi connectivity index (χ1n) is 15.8. The maximum atomic E-state index is 6.33. The molecular formula is C43H28N2O. The van der Waals surface area contributed by atoms with Crippen LogP contribution in [0.25, 0.3) is 88.1 Å². The summed E-state index contributed by atoms with van der Waals surface area (Å²) in [5.41, 5.74) is 12.5. The molecule has 10 aromatic rings. The SMILES string of the molecule is Cc1cccc(-c2ccc3oc4ccc(-n5c6ccccc6c6cc(-n7c8ccccc8c8ccccc87)ccc65)cc4c3c2)c1. The Kier molecular flexibility index (Phi) is 5.20. The van der Waals surface area contributed by atoms with Crippen molar-refractivity contribution in [2.45, 2.75) is 6.92 Å². The van der Waals surface area contributed by atoms with Crippen LogP contribution in [-0.4, -0.2) is 9.13 Å². The fourth-order valence-electron chi connectivity index (χ4n) is 7.49. The number of rotatable bonds is 3. The molecule has 46 heavy (non-hydrogen) atoms. The fourth-order valence-corrected chi connectivity index (χ4v) is 7.49. The van der Waals surface area contributed by atoms with E-state index in [-0.39, 0.29) is 0 Å². The van der Waals surface area contributed by atoms with Crippen LogP contribution in [0.1, 0.15) is 5.56 Å². The Balaban J connectivity index is 1.20. The second-order valence-electron chi connectivity index (χ2n) is 12.3. The van der Waals surface area contributed by atoms with Crippen molar-refractivity contribution in [1.82, 2.24) is 9.13 Å². The maximum Gasteiger partial charge on any atom is 0.135 e. The van der Waals surface area contributed by atoms with Crippen molar-refractivity contribution >= 4 is 65.6 Å². The number of nitrogens with zero attached hydrogens (tertiary/aromatic N) is 2. The van der Waals surface area contributed by atoms with Crippen molar-refractivity contribution in [3.05, 3.63) is 157 Å². The fraction of sp³-hybridized carbons (Fsp3) is 0.0233. The van der Waals surface area contributed by atoms with Gasteiger partial charge in [-0.15, -0.1) is 0 Å². The van der Waals surface area contributed by atoms with E-state index in [1.807, 2.05) is 0 Å². The Morgan fingerprint density at radius 1 is 0.370 bits per heavy atom. The van der Waals surface area contributed by atoms with Crippen LogP contribution in [0.5, 0.6) is 0 Å². The van der Waals surface area contributed by atoms with Crippen LogP contribution >= 0.6 is 0 Å². The molecule has 216 valence electrons. The van der Waals surface area contributed by atoms with E-state index >= 15 is 0 Å². The van der Waals surface area contributed by atoms with E-state index in [0.717, 1.165) is 33.3 Å². The third-order valence-corrected chi connectivity index (χ3v) is 9.56. The molecule has 0 aliphatic heterocycles. The summed E-state index contributed by atoms with van der Waals surface area (Å²) in [6, 6.07) is 54.8. The van der Waals surface area contributed by atoms with E-state index in [1.54, 1.807) is 0 Å². The minimum Gasteiger partial charge on any atom is -0.456 e. The molecule has 0 radical (unpaired) electrons. The molecule has 0 aliphatic carbocycles. The second-order valence-corrected chi connectivity index (χ2v) is 12.3. The second kappa shape index (κ2) is 9.47. The van der Waals surface area contributed by atoms with Gasteiger partial charge < -0.3 is 13.6 Å². The van der Waals surface area contributed by atoms with Crippen molar-refractivity contribution in [3.63, 3.8) is 0 Å². The molecular weight excluding hydrogens is 560 g/mol. The molecule has 0 atom stereocenters. The van der Waals surface area contributed by atoms with Gasteiger partial charge in [-0.1, -0.05) is 90.5 Å². The summed E-state index contributed by atoms with van der Waals surface area (Å²) >= 11 is 0. The first-order chi connectivity index (χ1) is 22.7. The Morgan fingerprint density at radius 2 is 0.870 bits per heavy atom. The van der Waals surface area contributed by atoms with Crippen molar-refractivity contribution in [2.75, 3.05) is 0 Å². The topological polar surface area (TPSA) is 23.0 Å². The van der Waals surface area contributed by atoms with E-state index in [9.17, 15) is 0 Å². The van der Waals surface area contributed by atoms with Crippen molar-refractivity contribution in [3.8, 4) is 22.5 Å². The van der Waals surface area contributed by atoms with Gasteiger partial charge in [-0.05, 0) is 84.8 Å². The third-order valence-electron chi connectivity index (χ3n) is 9.56. The molecule has 0 aliphatic rings. The number of furan rings is 1. The third kappa shape index (κ3) is 3.60. The smallest absolute Gasteiger partial charge is 0.135 e. The highest BCUT2D eigenvalue weighted by atomic mass is 16.3. The van der Waals surface area contributed by atoms with Gasteiger partial charge in [0.05, 0.1) is 22.1 Å². The summed E-state index contributed by atoms with van der Waals surface area (Å²) in [6.07, 6.45) is 0. The highest BCUT2D eigenvalue weighted by molar-refractivity contribution is 6.13. The Labute approximate surface area is 265 Å². The minimum absolute atomic E-state index is 0.898. The molecule has 0 amide bonds. The van der Waals surface area contributed by atoms with E-state index in [1.165, 1.54) is 60.3 Å². The predicted molar refractivity (Wildman–Crippen MR) is 193 cm³/mol. The van der Waals surface area contributed by atoms with Crippen LogP contribution in [0.4, 0.5) is 0 Å². The molecule has 0 fully saturated rings. The molecule has 0 bridgehead atoms. The lowest BCUT2D eigenvalue weighted by atomic mass is 10.0. The number of fused-ring (bicyclic) bond motifs is 9. The molecule has 3 nitrogen and oxygen atoms in total. The number of para-hydroxylation sites is 3. The maximum absolute atomic E-state index is 6.33. The Morgan fingerprint density at radius 3 is 1.52 bits per heavy atom. The van der Waals surface area contributed by atoms with Crippen molar-refractivity contribution < 1.29 is 4.42 Å². The molecule has 0 saturated carbocycles. The van der Waals surface area contributed by atoms with Crippen LogP contribution in [0.2, 0.25) is 0 Å². The summed E-state index contributed by atoms with van der Waals surface area (Å²) < 4.78 is 11.1. The number of benzene rings is 7. The normalized spacial score (nSPS) is 12.0. The van der Waals surface area contributed by atoms with Crippen molar-refractivity contribution in [2.24, 2.45) is 0 Å². The quantitative estimate of drug-likeness (QED) is 0.201. The zero-order valence-electron chi connectivity index (χ0n) is 25.2. The summed E-state index contributed by atoms with van der Waals surface area (Å²) in [7, 11) is 0. The zero-order valence-corrected chi connectivity index (χ0v) is 25.2. The van der Waals surface area contributed by atoms with Gasteiger partial charge in [-0.2, -0.15) is 0 Å². The Hall–Kier alpha value is -6.06. The highest BCUT2D eigenvalue weighted by Crippen LogP contribution is 2.39. The van der Waals surface area contributed by atoms with Crippen LogP contribution in [0.15, 0.2) is 156 Å². The lowest BCUT2D eigenvalue weighted by Gasteiger charge is -2.10. The molecule has 0 saturated heterocycles. The minimum atomic E-state index is 0.898. The summed E-state index contributed by atoms with van der Waals surface area (Å²) in [4.78, 5) is 0. The average molecular weight is 589 g/mol. The molecule has 10 rings (SSSR count). The van der Waals surface area contributed by atoms with E-state index in [2.05, 4.69) is 168 Å². The molecule has 0 N–H and O–H groups in total. The van der Waals surface area contributed by atoms with Gasteiger partial charge in [0.1, 0.15) is 11.2 Å². The molecule has 3 heterocycles. The van der Waals surface area contributed by atoms with Gasteiger partial charge in [0, 0.05) is 43.7 Å². The van der Waals surface area contributed by atoms with Crippen LogP contribution in [0.3, 0.4) is 0 Å². The molecule has 0 unspecified atom stereocenters. The standard InChI is InChI=1S/C43H28N2O/c1-27-9-8-10-28(23-27)29-17-21-42-36(24-29)37-26-31(19-22-43(37)46-42)45-40-16-7-4-13-34(40)35-25-30(18-20-41(35)45)44-38-14-5-2-11-32(38)33-12-3-6-15-39(33)44/h2-26H,1H3. The van der Waals surface area contributed by atoms with Gasteiger partial charge in [0.15, 0.2) is 0 Å². The number of hydrogen-bond donors (Lipinski definition) is 0. The highest BCUT2D eigenvalue weighted by Gasteiger charge is 2.17. The first-order valence-corrected chi connectivity index (χ1v) is 15.8. The van der Waals surface area contributed by atoms with Crippen LogP contribution in [0, 0.1) is 6.92 Å². The lowest BCUT2D eigenvalue weighted by molar-refractivity contribution is 0.669. The van der Waals surface area contributed by atoms with Crippen molar-refractivity contribution in [1.29, 1.82) is 0 Å². The van der Waals surface area contributed by atoms with E-state index in [4.69, 9.17) is 4.42 Å². The first kappa shape index (κ1) is 25.3. The molecule has 3 aromatic heterocycles. The lowest BCUT2D eigenvalue weighted by Crippen LogP contribution is -1.95. The summed E-state index contributed by atoms with van der Waals surface area (Å²) in [6.45, 7) is 2.14.